The van der Waals surface area contributed by atoms with Crippen LogP contribution in [0.4, 0.5) is 5.95 Å². The van der Waals surface area contributed by atoms with E-state index < -0.39 is 14.2 Å². The van der Waals surface area contributed by atoms with Gasteiger partial charge >= 0.3 is 5.69 Å². The van der Waals surface area contributed by atoms with Gasteiger partial charge in [-0.3, -0.25) is 10.5 Å². The van der Waals surface area contributed by atoms with Crippen LogP contribution in [0, 0.1) is 0 Å². The summed E-state index contributed by atoms with van der Waals surface area (Å²) in [6.07, 6.45) is 1.20. The van der Waals surface area contributed by atoms with Gasteiger partial charge in [-0.05, 0) is 0 Å². The fourth-order valence-electron chi connectivity index (χ4n) is 0.319. The highest BCUT2D eigenvalue weighted by molar-refractivity contribution is 7.42. The van der Waals surface area contributed by atoms with Crippen LogP contribution in [-0.2, 0) is 0 Å². The maximum Gasteiger partial charge on any atom is 0.349 e. The zero-order chi connectivity index (χ0) is 9.56. The van der Waals surface area contributed by atoms with E-state index in [9.17, 15) is 4.79 Å². The Morgan fingerprint density at radius 2 is 2.08 bits per heavy atom. The summed E-state index contributed by atoms with van der Waals surface area (Å²) in [7, 11) is -2.12. The van der Waals surface area contributed by atoms with Gasteiger partial charge < -0.3 is 15.5 Å². The van der Waals surface area contributed by atoms with Gasteiger partial charge in [0.2, 0.25) is 14.5 Å². The van der Waals surface area contributed by atoms with Crippen LogP contribution >= 0.6 is 8.53 Å². The van der Waals surface area contributed by atoms with Crippen LogP contribution in [0.1, 0.15) is 0 Å². The number of aromatic nitrogens is 3. The number of aromatic amines is 1. The summed E-state index contributed by atoms with van der Waals surface area (Å²) in [5, 5.41) is 0. The van der Waals surface area contributed by atoms with Crippen molar-refractivity contribution in [3.63, 3.8) is 0 Å². The lowest BCUT2D eigenvalue weighted by molar-refractivity contribution is 0.485. The molecular weight excluding hydrogens is 185 g/mol. The molecule has 0 fully saturated rings. The first-order valence-electron chi connectivity index (χ1n) is 2.62. The fourth-order valence-corrected chi connectivity index (χ4v) is 0.319. The second kappa shape index (κ2) is 5.56. The summed E-state index contributed by atoms with van der Waals surface area (Å²) in [5.41, 5.74) is 8.83. The number of nitrogens with one attached hydrogen (secondary N) is 1. The van der Waals surface area contributed by atoms with E-state index in [1.807, 2.05) is 0 Å². The predicted octanol–water partition coefficient (Wildman–Crippen LogP) is -2.10. The van der Waals surface area contributed by atoms with Gasteiger partial charge in [-0.15, -0.1) is 0 Å². The maximum atomic E-state index is 10.2. The molecule has 0 saturated carbocycles. The van der Waals surface area contributed by atoms with Crippen molar-refractivity contribution < 1.29 is 9.79 Å². The van der Waals surface area contributed by atoms with Gasteiger partial charge in [-0.2, -0.15) is 4.98 Å². The number of rotatable bonds is 0. The first kappa shape index (κ1) is 10.9. The Kier molecular flexibility index (Phi) is 5.06. The second-order valence-electron chi connectivity index (χ2n) is 1.50. The minimum absolute atomic E-state index is 0.00579. The van der Waals surface area contributed by atoms with Gasteiger partial charge in [0.25, 0.3) is 0 Å². The first-order valence-corrected chi connectivity index (χ1v) is 3.94. The molecule has 0 atom stereocenters. The lowest BCUT2D eigenvalue weighted by Crippen LogP contribution is -2.12. The summed E-state index contributed by atoms with van der Waals surface area (Å²) in [6.45, 7) is 0. The monoisotopic (exact) mass is 193 g/mol. The highest BCUT2D eigenvalue weighted by Crippen LogP contribution is 2.05. The number of hydrogen-bond donors (Lipinski definition) is 5. The first-order chi connectivity index (χ1) is 5.52. The van der Waals surface area contributed by atoms with Crippen molar-refractivity contribution >= 4 is 14.5 Å². The summed E-state index contributed by atoms with van der Waals surface area (Å²) < 4.78 is 0. The Labute approximate surface area is 68.3 Å². The van der Waals surface area contributed by atoms with Crippen molar-refractivity contribution in [3.8, 4) is 0 Å². The largest absolute Gasteiger partial charge is 0.368 e. The van der Waals surface area contributed by atoms with Crippen LogP contribution < -0.4 is 16.9 Å². The van der Waals surface area contributed by atoms with Crippen molar-refractivity contribution in [2.75, 3.05) is 5.73 Å². The van der Waals surface area contributed by atoms with Crippen LogP contribution in [0.15, 0.2) is 11.1 Å². The van der Waals surface area contributed by atoms with Gasteiger partial charge in [0.15, 0.2) is 0 Å². The minimum Gasteiger partial charge on any atom is -0.368 e. The molecule has 1 aromatic rings. The number of hydrogen-bond acceptors (Lipinski definition) is 7. The van der Waals surface area contributed by atoms with E-state index in [1.54, 1.807) is 0 Å². The Morgan fingerprint density at radius 3 is 2.33 bits per heavy atom. The molecule has 1 heterocycles. The second-order valence-corrected chi connectivity index (χ2v) is 2.14. The van der Waals surface area contributed by atoms with Crippen molar-refractivity contribution in [3.05, 3.63) is 16.8 Å². The van der Waals surface area contributed by atoms with Crippen molar-refractivity contribution in [1.82, 2.24) is 15.0 Å². The molecule has 0 aliphatic heterocycles. The summed E-state index contributed by atoms with van der Waals surface area (Å²) in [5.74, 6) is -0.00579. The smallest absolute Gasteiger partial charge is 0.349 e. The molecule has 12 heavy (non-hydrogen) atoms. The van der Waals surface area contributed by atoms with Crippen molar-refractivity contribution in [2.45, 2.75) is 0 Å². The molecule has 0 aliphatic rings. The van der Waals surface area contributed by atoms with Crippen LogP contribution in [0.5, 0.6) is 0 Å². The number of anilines is 1. The molecule has 0 amide bonds. The minimum atomic E-state index is -2.12. The molecule has 0 radical (unpaired) electrons. The molecular formula is C3H8N5O3P. The van der Waals surface area contributed by atoms with Gasteiger partial charge in [0.05, 0.1) is 0 Å². The highest BCUT2D eigenvalue weighted by atomic mass is 31.2. The molecule has 68 valence electrons. The quantitative estimate of drug-likeness (QED) is 0.296. The zero-order valence-electron chi connectivity index (χ0n) is 5.88. The normalized spacial score (nSPS) is 9.00. The summed E-state index contributed by atoms with van der Waals surface area (Å²) in [6, 6.07) is 0. The number of nitrogens with two attached hydrogens (primary N) is 2. The van der Waals surface area contributed by atoms with Gasteiger partial charge in [0.1, 0.15) is 6.33 Å². The Balaban J connectivity index is 0.000000261. The number of nitrogens with zero attached hydrogens (tertiary/aromatic N) is 2. The van der Waals surface area contributed by atoms with E-state index in [0.717, 1.165) is 0 Å². The van der Waals surface area contributed by atoms with E-state index in [0.29, 0.717) is 0 Å². The lowest BCUT2D eigenvalue weighted by atomic mass is 11.0. The van der Waals surface area contributed by atoms with E-state index in [1.165, 1.54) is 6.33 Å². The Bertz CT molecular complexity index is 272. The Hall–Kier alpha value is -1.08. The van der Waals surface area contributed by atoms with Gasteiger partial charge in [0, 0.05) is 0 Å². The highest BCUT2D eigenvalue weighted by Gasteiger charge is 1.83. The van der Waals surface area contributed by atoms with Crippen LogP contribution in [0.3, 0.4) is 0 Å². The third-order valence-electron chi connectivity index (χ3n) is 0.601. The standard InChI is InChI=1S/C3H4N4O.H4NO2P/c4-2-5-1-6-3(8)7-2;1-4(2)3/h1H,(H3,4,5,6,7,8);2-3H,1H2. The van der Waals surface area contributed by atoms with Crippen molar-refractivity contribution in [1.29, 1.82) is 0 Å². The average Bonchev–Trinajstić information content (AvgIpc) is 1.84. The van der Waals surface area contributed by atoms with E-state index >= 15 is 0 Å². The van der Waals surface area contributed by atoms with Gasteiger partial charge in [-0.25, -0.2) is 9.78 Å². The van der Waals surface area contributed by atoms with Crippen molar-refractivity contribution in [2.24, 2.45) is 5.50 Å². The van der Waals surface area contributed by atoms with E-state index in [4.69, 9.17) is 15.5 Å². The maximum absolute atomic E-state index is 10.2. The molecule has 9 heteroatoms. The van der Waals surface area contributed by atoms with Gasteiger partial charge in [-0.1, -0.05) is 0 Å². The van der Waals surface area contributed by atoms with E-state index in [2.05, 4.69) is 20.5 Å². The molecule has 1 rings (SSSR count). The molecule has 0 spiro atoms. The molecule has 0 bridgehead atoms. The SMILES string of the molecule is NP(O)O.Nc1nc[nH]c(=O)n1. The third kappa shape index (κ3) is 7.03. The lowest BCUT2D eigenvalue weighted by Gasteiger charge is -1.82. The molecule has 0 aliphatic carbocycles. The topological polar surface area (TPSA) is 151 Å². The molecule has 0 unspecified atom stereocenters. The number of nitrogen functional groups attached to an aromatic ring is 1. The zero-order valence-corrected chi connectivity index (χ0v) is 6.77. The average molecular weight is 193 g/mol. The molecule has 8 nitrogen and oxygen atoms in total. The molecule has 0 aromatic carbocycles. The summed E-state index contributed by atoms with van der Waals surface area (Å²) >= 11 is 0. The predicted molar refractivity (Wildman–Crippen MR) is 42.6 cm³/mol. The molecule has 0 saturated heterocycles. The fraction of sp³-hybridized carbons (Fsp3) is 0. The molecule has 7 N–H and O–H groups in total. The van der Waals surface area contributed by atoms with E-state index in [-0.39, 0.29) is 5.95 Å². The number of H-pyrrole nitrogens is 1. The van der Waals surface area contributed by atoms with Crippen LogP contribution in [-0.4, -0.2) is 24.7 Å². The Morgan fingerprint density at radius 1 is 1.58 bits per heavy atom. The molecule has 1 aromatic heterocycles. The van der Waals surface area contributed by atoms with Crippen LogP contribution in [0.2, 0.25) is 0 Å². The third-order valence-corrected chi connectivity index (χ3v) is 0.601. The van der Waals surface area contributed by atoms with Crippen LogP contribution in [0.25, 0.3) is 0 Å². The summed E-state index contributed by atoms with van der Waals surface area (Å²) in [4.78, 5) is 34.0.